The smallest absolute Gasteiger partial charge is 0.389 e. The van der Waals surface area contributed by atoms with Gasteiger partial charge in [0.05, 0.1) is 25.0 Å². The number of nitrogens with zero attached hydrogens (tertiary/aromatic N) is 4. The zero-order chi connectivity index (χ0) is 27.6. The molecule has 1 saturated carbocycles. The van der Waals surface area contributed by atoms with Crippen molar-refractivity contribution in [3.8, 4) is 11.3 Å². The highest BCUT2D eigenvalue weighted by Crippen LogP contribution is 2.32. The second-order valence-corrected chi connectivity index (χ2v) is 10.7. The van der Waals surface area contributed by atoms with Crippen molar-refractivity contribution in [3.05, 3.63) is 29.8 Å². The van der Waals surface area contributed by atoms with Gasteiger partial charge in [-0.25, -0.2) is 9.78 Å². The summed E-state index contributed by atoms with van der Waals surface area (Å²) in [5.74, 6) is 0.677. The molecule has 1 aliphatic carbocycles. The number of benzene rings is 1. The second-order valence-electron chi connectivity index (χ2n) is 10.7. The summed E-state index contributed by atoms with van der Waals surface area (Å²) in [6.07, 6.45) is -2.88. The first-order chi connectivity index (χ1) is 18.6. The summed E-state index contributed by atoms with van der Waals surface area (Å²) in [7, 11) is 0. The Labute approximate surface area is 225 Å². The molecule has 2 saturated heterocycles. The third kappa shape index (κ3) is 7.10. The first-order valence-electron chi connectivity index (χ1n) is 13.5. The van der Waals surface area contributed by atoms with E-state index in [0.29, 0.717) is 63.0 Å². The van der Waals surface area contributed by atoms with Crippen LogP contribution in [0.25, 0.3) is 11.3 Å². The van der Waals surface area contributed by atoms with E-state index in [2.05, 4.69) is 15.5 Å². The Morgan fingerprint density at radius 3 is 2.64 bits per heavy atom. The number of hydrogen-bond acceptors (Lipinski definition) is 7. The van der Waals surface area contributed by atoms with Gasteiger partial charge in [0, 0.05) is 56.0 Å². The van der Waals surface area contributed by atoms with Crippen LogP contribution in [-0.2, 0) is 4.74 Å². The largest absolute Gasteiger partial charge is 0.393 e. The van der Waals surface area contributed by atoms with Crippen LogP contribution in [0.1, 0.15) is 37.7 Å². The summed E-state index contributed by atoms with van der Waals surface area (Å²) in [6.45, 7) is 4.97. The second kappa shape index (κ2) is 11.5. The summed E-state index contributed by atoms with van der Waals surface area (Å²) in [5, 5.41) is 16.2. The van der Waals surface area contributed by atoms with Crippen LogP contribution in [0, 0.1) is 12.8 Å². The molecule has 0 bridgehead atoms. The van der Waals surface area contributed by atoms with Crippen molar-refractivity contribution in [1.82, 2.24) is 14.9 Å². The van der Waals surface area contributed by atoms with E-state index in [4.69, 9.17) is 14.7 Å². The number of aryl methyl sites for hydroxylation is 1. The van der Waals surface area contributed by atoms with Crippen molar-refractivity contribution in [2.75, 3.05) is 54.9 Å². The molecule has 212 valence electrons. The minimum absolute atomic E-state index is 0.0844. The number of urea groups is 1. The number of rotatable bonds is 6. The third-order valence-electron chi connectivity index (χ3n) is 7.64. The molecule has 3 fully saturated rings. The number of aliphatic hydroxyl groups is 1. The quantitative estimate of drug-likeness (QED) is 0.491. The number of likely N-dealkylation sites (tertiary alicyclic amines) is 1. The Bertz CT molecular complexity index is 1170. The highest BCUT2D eigenvalue weighted by Gasteiger charge is 2.36. The summed E-state index contributed by atoms with van der Waals surface area (Å²) in [6, 6.07) is 7.11. The summed E-state index contributed by atoms with van der Waals surface area (Å²) in [4.78, 5) is 26.0. The topological polar surface area (TPSA) is 103 Å². The van der Waals surface area contributed by atoms with Crippen LogP contribution in [0.4, 0.5) is 35.4 Å². The average molecular weight is 549 g/mol. The number of nitrogens with one attached hydrogen (secondary N) is 2. The number of anilines is 3. The predicted octanol–water partition coefficient (Wildman–Crippen LogP) is 4.42. The molecule has 3 atom stereocenters. The monoisotopic (exact) mass is 548 g/mol. The minimum Gasteiger partial charge on any atom is -0.393 e. The Hall–Kier alpha value is -3.12. The standard InChI is InChI=1S/C27H35F3N6O3/c1-17-2-3-20(32-26(38)36-7-6-18(16-36)15-27(28,29)30)13-22(17)23-14-24(35-8-10-39-11-9-35)34-25(33-23)31-19-4-5-21(37)12-19/h2-3,13-14,18-19,21,37H,4-12,15-16H2,1H3,(H,32,38)(H,31,33,34)/t18-,19+,21+/m0/s1. The van der Waals surface area contributed by atoms with E-state index in [1.807, 2.05) is 25.1 Å². The van der Waals surface area contributed by atoms with E-state index in [9.17, 15) is 23.1 Å². The molecule has 3 N–H and O–H groups in total. The predicted molar refractivity (Wildman–Crippen MR) is 142 cm³/mol. The van der Waals surface area contributed by atoms with Crippen molar-refractivity contribution >= 4 is 23.5 Å². The number of hydrogen-bond donors (Lipinski definition) is 3. The number of carbonyl (C=O) groups is 1. The van der Waals surface area contributed by atoms with E-state index < -0.39 is 24.5 Å². The fourth-order valence-corrected chi connectivity index (χ4v) is 5.55. The highest BCUT2D eigenvalue weighted by atomic mass is 19.4. The molecule has 1 aromatic carbocycles. The Balaban J connectivity index is 1.36. The van der Waals surface area contributed by atoms with Gasteiger partial charge in [-0.15, -0.1) is 0 Å². The van der Waals surface area contributed by atoms with Gasteiger partial charge in [-0.3, -0.25) is 0 Å². The number of amides is 2. The third-order valence-corrected chi connectivity index (χ3v) is 7.64. The maximum Gasteiger partial charge on any atom is 0.389 e. The fraction of sp³-hybridized carbons (Fsp3) is 0.593. The van der Waals surface area contributed by atoms with Crippen molar-refractivity contribution in [2.24, 2.45) is 5.92 Å². The Kier molecular flexibility index (Phi) is 8.13. The number of morpholine rings is 1. The molecule has 2 aromatic rings. The molecule has 0 radical (unpaired) electrons. The van der Waals surface area contributed by atoms with Crippen LogP contribution in [-0.4, -0.2) is 83.7 Å². The molecule has 3 heterocycles. The van der Waals surface area contributed by atoms with Gasteiger partial charge in [-0.1, -0.05) is 6.07 Å². The highest BCUT2D eigenvalue weighted by molar-refractivity contribution is 5.90. The van der Waals surface area contributed by atoms with Crippen molar-refractivity contribution in [3.63, 3.8) is 0 Å². The van der Waals surface area contributed by atoms with Gasteiger partial charge in [0.25, 0.3) is 0 Å². The molecule has 1 aromatic heterocycles. The Morgan fingerprint density at radius 1 is 1.13 bits per heavy atom. The van der Waals surface area contributed by atoms with E-state index in [1.54, 1.807) is 6.07 Å². The van der Waals surface area contributed by atoms with Gasteiger partial charge >= 0.3 is 12.2 Å². The lowest BCUT2D eigenvalue weighted by Gasteiger charge is -2.28. The van der Waals surface area contributed by atoms with Gasteiger partial charge < -0.3 is 30.3 Å². The number of carbonyl (C=O) groups excluding carboxylic acids is 1. The molecule has 2 aliphatic heterocycles. The molecule has 0 unspecified atom stereocenters. The summed E-state index contributed by atoms with van der Waals surface area (Å²) < 4.78 is 43.8. The normalized spacial score (nSPS) is 23.8. The molecular weight excluding hydrogens is 513 g/mol. The molecule has 9 nitrogen and oxygen atoms in total. The van der Waals surface area contributed by atoms with E-state index in [0.717, 1.165) is 29.8 Å². The van der Waals surface area contributed by atoms with Gasteiger partial charge in [-0.2, -0.15) is 18.2 Å². The zero-order valence-corrected chi connectivity index (χ0v) is 22.0. The number of halogens is 3. The molecule has 12 heteroatoms. The van der Waals surface area contributed by atoms with Gasteiger partial charge in [0.1, 0.15) is 5.82 Å². The minimum atomic E-state index is -4.23. The maximum absolute atomic E-state index is 12.9. The fourth-order valence-electron chi connectivity index (χ4n) is 5.55. The van der Waals surface area contributed by atoms with Crippen LogP contribution in [0.15, 0.2) is 24.3 Å². The average Bonchev–Trinajstić information content (AvgIpc) is 3.53. The van der Waals surface area contributed by atoms with Crippen molar-refractivity contribution in [2.45, 2.75) is 57.3 Å². The molecular formula is C27H35F3N6O3. The number of aromatic nitrogens is 2. The van der Waals surface area contributed by atoms with E-state index >= 15 is 0 Å². The van der Waals surface area contributed by atoms with Gasteiger partial charge in [0.2, 0.25) is 5.95 Å². The first-order valence-corrected chi connectivity index (χ1v) is 13.5. The van der Waals surface area contributed by atoms with E-state index in [-0.39, 0.29) is 18.7 Å². The Morgan fingerprint density at radius 2 is 1.92 bits per heavy atom. The molecule has 5 rings (SSSR count). The lowest BCUT2D eigenvalue weighted by molar-refractivity contribution is -0.143. The molecule has 39 heavy (non-hydrogen) atoms. The maximum atomic E-state index is 12.9. The van der Waals surface area contributed by atoms with Crippen LogP contribution in [0.3, 0.4) is 0 Å². The number of alkyl halides is 3. The van der Waals surface area contributed by atoms with Gasteiger partial charge in [0.15, 0.2) is 0 Å². The van der Waals surface area contributed by atoms with Crippen molar-refractivity contribution in [1.29, 1.82) is 0 Å². The lowest BCUT2D eigenvalue weighted by atomic mass is 10.0. The van der Waals surface area contributed by atoms with Crippen molar-refractivity contribution < 1.29 is 27.8 Å². The molecule has 3 aliphatic rings. The van der Waals surface area contributed by atoms with Crippen LogP contribution < -0.4 is 15.5 Å². The molecule has 0 spiro atoms. The van der Waals surface area contributed by atoms with Crippen LogP contribution >= 0.6 is 0 Å². The van der Waals surface area contributed by atoms with Crippen LogP contribution in [0.2, 0.25) is 0 Å². The van der Waals surface area contributed by atoms with Gasteiger partial charge in [-0.05, 0) is 56.2 Å². The summed E-state index contributed by atoms with van der Waals surface area (Å²) in [5.41, 5.74) is 3.00. The first kappa shape index (κ1) is 27.4. The lowest BCUT2D eigenvalue weighted by Crippen LogP contribution is -2.37. The summed E-state index contributed by atoms with van der Waals surface area (Å²) >= 11 is 0. The molecule has 2 amide bonds. The number of ether oxygens (including phenoxy) is 1. The van der Waals surface area contributed by atoms with E-state index in [1.165, 1.54) is 4.90 Å². The number of aliphatic hydroxyl groups excluding tert-OH is 1. The van der Waals surface area contributed by atoms with Crippen LogP contribution in [0.5, 0.6) is 0 Å². The zero-order valence-electron chi connectivity index (χ0n) is 22.0. The SMILES string of the molecule is Cc1ccc(NC(=O)N2CC[C@@H](CC(F)(F)F)C2)cc1-c1cc(N2CCOCC2)nc(N[C@@H]2CC[C@@H](O)C2)n1.